The SMILES string of the molecule is CCNCc1nnnn1CC(C1CC1)C1CC1. The molecule has 0 aliphatic heterocycles. The minimum absolute atomic E-state index is 0.783. The lowest BCUT2D eigenvalue weighted by molar-refractivity contribution is 0.323. The molecule has 94 valence electrons. The van der Waals surface area contributed by atoms with Crippen LogP contribution >= 0.6 is 0 Å². The summed E-state index contributed by atoms with van der Waals surface area (Å²) in [5, 5.41) is 15.4. The Bertz CT molecular complexity index is 355. The fraction of sp³-hybridized carbons (Fsp3) is 0.917. The second kappa shape index (κ2) is 4.72. The Hall–Kier alpha value is -0.970. The van der Waals surface area contributed by atoms with E-state index in [0.717, 1.165) is 43.2 Å². The van der Waals surface area contributed by atoms with Crippen LogP contribution in [0, 0.1) is 17.8 Å². The van der Waals surface area contributed by atoms with Crippen LogP contribution in [0.2, 0.25) is 0 Å². The summed E-state index contributed by atoms with van der Waals surface area (Å²) in [6.07, 6.45) is 5.69. The molecule has 0 radical (unpaired) electrons. The summed E-state index contributed by atoms with van der Waals surface area (Å²) < 4.78 is 2.02. The first-order chi connectivity index (χ1) is 8.38. The van der Waals surface area contributed by atoms with Gasteiger partial charge in [-0.05, 0) is 60.4 Å². The second-order valence-corrected chi connectivity index (χ2v) is 5.40. The molecule has 0 amide bonds. The average Bonchev–Trinajstić information content (AvgIpc) is 3.23. The highest BCUT2D eigenvalue weighted by Gasteiger charge is 2.41. The molecule has 0 bridgehead atoms. The van der Waals surface area contributed by atoms with Gasteiger partial charge in [0.15, 0.2) is 5.82 Å². The molecule has 2 aliphatic rings. The van der Waals surface area contributed by atoms with E-state index in [-0.39, 0.29) is 0 Å². The minimum atomic E-state index is 0.783. The van der Waals surface area contributed by atoms with Crippen LogP contribution in [-0.4, -0.2) is 26.8 Å². The minimum Gasteiger partial charge on any atom is -0.310 e. The molecule has 0 atom stereocenters. The smallest absolute Gasteiger partial charge is 0.165 e. The topological polar surface area (TPSA) is 55.6 Å². The van der Waals surface area contributed by atoms with Gasteiger partial charge in [-0.1, -0.05) is 6.92 Å². The molecule has 2 fully saturated rings. The van der Waals surface area contributed by atoms with Gasteiger partial charge in [-0.25, -0.2) is 4.68 Å². The monoisotopic (exact) mass is 235 g/mol. The highest BCUT2D eigenvalue weighted by Crippen LogP contribution is 2.49. The van der Waals surface area contributed by atoms with Crippen molar-refractivity contribution < 1.29 is 0 Å². The van der Waals surface area contributed by atoms with E-state index in [9.17, 15) is 0 Å². The maximum Gasteiger partial charge on any atom is 0.165 e. The van der Waals surface area contributed by atoms with E-state index >= 15 is 0 Å². The predicted molar refractivity (Wildman–Crippen MR) is 64.1 cm³/mol. The summed E-state index contributed by atoms with van der Waals surface area (Å²) in [7, 11) is 0. The highest BCUT2D eigenvalue weighted by atomic mass is 15.5. The number of nitrogens with one attached hydrogen (secondary N) is 1. The molecule has 3 rings (SSSR count). The molecule has 1 aromatic heterocycles. The van der Waals surface area contributed by atoms with E-state index in [1.165, 1.54) is 25.7 Å². The molecule has 5 nitrogen and oxygen atoms in total. The van der Waals surface area contributed by atoms with Crippen molar-refractivity contribution in [2.75, 3.05) is 6.54 Å². The summed E-state index contributed by atoms with van der Waals surface area (Å²) >= 11 is 0. The van der Waals surface area contributed by atoms with Crippen LogP contribution in [0.4, 0.5) is 0 Å². The van der Waals surface area contributed by atoms with Gasteiger partial charge in [-0.2, -0.15) is 0 Å². The summed E-state index contributed by atoms with van der Waals surface area (Å²) in [6, 6.07) is 0. The molecule has 5 heteroatoms. The van der Waals surface area contributed by atoms with Crippen LogP contribution in [0.25, 0.3) is 0 Å². The van der Waals surface area contributed by atoms with Crippen LogP contribution in [0.5, 0.6) is 0 Å². The highest BCUT2D eigenvalue weighted by molar-refractivity contribution is 4.92. The molecule has 1 N–H and O–H groups in total. The normalized spacial score (nSPS) is 20.1. The third kappa shape index (κ3) is 2.65. The maximum atomic E-state index is 4.14. The van der Waals surface area contributed by atoms with Crippen molar-refractivity contribution in [3.05, 3.63) is 5.82 Å². The largest absolute Gasteiger partial charge is 0.310 e. The molecular formula is C12H21N5. The maximum absolute atomic E-state index is 4.14. The molecule has 0 saturated heterocycles. The predicted octanol–water partition coefficient (Wildman–Crippen LogP) is 1.22. The third-order valence-corrected chi connectivity index (χ3v) is 3.98. The Morgan fingerprint density at radius 3 is 2.59 bits per heavy atom. The fourth-order valence-electron chi connectivity index (χ4n) is 2.66. The number of hydrogen-bond donors (Lipinski definition) is 1. The van der Waals surface area contributed by atoms with Crippen LogP contribution in [0.3, 0.4) is 0 Å². The second-order valence-electron chi connectivity index (χ2n) is 5.40. The number of rotatable bonds is 7. The average molecular weight is 235 g/mol. The first kappa shape index (κ1) is 11.1. The van der Waals surface area contributed by atoms with Crippen LogP contribution in [0.15, 0.2) is 0 Å². The zero-order valence-electron chi connectivity index (χ0n) is 10.5. The summed E-state index contributed by atoms with van der Waals surface area (Å²) in [6.45, 7) is 4.88. The van der Waals surface area contributed by atoms with Gasteiger partial charge in [0.1, 0.15) is 0 Å². The Balaban J connectivity index is 1.64. The van der Waals surface area contributed by atoms with E-state index < -0.39 is 0 Å². The quantitative estimate of drug-likeness (QED) is 0.772. The van der Waals surface area contributed by atoms with E-state index in [1.807, 2.05) is 4.68 Å². The number of tetrazole rings is 1. The van der Waals surface area contributed by atoms with Crippen molar-refractivity contribution in [3.8, 4) is 0 Å². The van der Waals surface area contributed by atoms with E-state index in [0.29, 0.717) is 0 Å². The molecule has 2 aliphatic carbocycles. The van der Waals surface area contributed by atoms with Gasteiger partial charge in [-0.3, -0.25) is 0 Å². The third-order valence-electron chi connectivity index (χ3n) is 3.98. The Labute approximate surface area is 102 Å². The Morgan fingerprint density at radius 2 is 2.00 bits per heavy atom. The molecular weight excluding hydrogens is 214 g/mol. The molecule has 17 heavy (non-hydrogen) atoms. The molecule has 0 spiro atoms. The molecule has 0 aromatic carbocycles. The summed E-state index contributed by atoms with van der Waals surface area (Å²) in [5.41, 5.74) is 0. The van der Waals surface area contributed by atoms with E-state index in [4.69, 9.17) is 0 Å². The van der Waals surface area contributed by atoms with Crippen LogP contribution < -0.4 is 5.32 Å². The zero-order chi connectivity index (χ0) is 11.7. The van der Waals surface area contributed by atoms with Gasteiger partial charge in [0.25, 0.3) is 0 Å². The first-order valence-corrected chi connectivity index (χ1v) is 6.84. The van der Waals surface area contributed by atoms with Gasteiger partial charge in [0.05, 0.1) is 6.54 Å². The van der Waals surface area contributed by atoms with Gasteiger partial charge in [0, 0.05) is 6.54 Å². The van der Waals surface area contributed by atoms with Crippen molar-refractivity contribution in [1.29, 1.82) is 0 Å². The lowest BCUT2D eigenvalue weighted by Gasteiger charge is -2.15. The van der Waals surface area contributed by atoms with Crippen molar-refractivity contribution in [3.63, 3.8) is 0 Å². The van der Waals surface area contributed by atoms with E-state index in [2.05, 4.69) is 27.8 Å². The Morgan fingerprint density at radius 1 is 1.29 bits per heavy atom. The molecule has 1 aromatic rings. The van der Waals surface area contributed by atoms with Gasteiger partial charge >= 0.3 is 0 Å². The number of hydrogen-bond acceptors (Lipinski definition) is 4. The lowest BCUT2D eigenvalue weighted by atomic mass is 9.98. The molecule has 2 saturated carbocycles. The van der Waals surface area contributed by atoms with Crippen molar-refractivity contribution in [2.24, 2.45) is 17.8 Å². The summed E-state index contributed by atoms with van der Waals surface area (Å²) in [4.78, 5) is 0. The molecule has 1 heterocycles. The van der Waals surface area contributed by atoms with Crippen molar-refractivity contribution >= 4 is 0 Å². The van der Waals surface area contributed by atoms with Gasteiger partial charge < -0.3 is 5.32 Å². The van der Waals surface area contributed by atoms with Crippen molar-refractivity contribution in [2.45, 2.75) is 45.7 Å². The number of aromatic nitrogens is 4. The van der Waals surface area contributed by atoms with Crippen LogP contribution in [0.1, 0.15) is 38.4 Å². The van der Waals surface area contributed by atoms with Crippen LogP contribution in [-0.2, 0) is 13.1 Å². The molecule has 0 unspecified atom stereocenters. The lowest BCUT2D eigenvalue weighted by Crippen LogP contribution is -2.21. The first-order valence-electron chi connectivity index (χ1n) is 6.84. The number of nitrogens with zero attached hydrogens (tertiary/aromatic N) is 4. The van der Waals surface area contributed by atoms with E-state index in [1.54, 1.807) is 0 Å². The fourth-order valence-corrected chi connectivity index (χ4v) is 2.66. The van der Waals surface area contributed by atoms with Crippen molar-refractivity contribution in [1.82, 2.24) is 25.5 Å². The Kier molecular flexibility index (Phi) is 3.09. The zero-order valence-corrected chi connectivity index (χ0v) is 10.5. The van der Waals surface area contributed by atoms with Gasteiger partial charge in [-0.15, -0.1) is 5.10 Å². The standard InChI is InChI=1S/C12H21N5/c1-2-13-7-12-14-15-16-17(12)8-11(9-3-4-9)10-5-6-10/h9-11,13H,2-8H2,1H3. The summed E-state index contributed by atoms with van der Waals surface area (Å²) in [5.74, 6) is 3.73. The van der Waals surface area contributed by atoms with Gasteiger partial charge in [0.2, 0.25) is 0 Å².